The van der Waals surface area contributed by atoms with Gasteiger partial charge in [-0.05, 0) is 49.2 Å². The van der Waals surface area contributed by atoms with Crippen LogP contribution in [0.4, 0.5) is 5.69 Å². The maximum Gasteiger partial charge on any atom is 0.339 e. The van der Waals surface area contributed by atoms with Crippen LogP contribution in [0.25, 0.3) is 0 Å². The Morgan fingerprint density at radius 1 is 1.10 bits per heavy atom. The van der Waals surface area contributed by atoms with Crippen LogP contribution in [0.2, 0.25) is 0 Å². The number of ether oxygens (including phenoxy) is 1. The zero-order valence-corrected chi connectivity index (χ0v) is 18.2. The monoisotopic (exact) mass is 480 g/mol. The smallest absolute Gasteiger partial charge is 0.339 e. The molecule has 1 N–H and O–H groups in total. The van der Waals surface area contributed by atoms with Gasteiger partial charge in [-0.25, -0.2) is 13.2 Å². The Morgan fingerprint density at radius 3 is 2.48 bits per heavy atom. The zero-order chi connectivity index (χ0) is 21.0. The van der Waals surface area contributed by atoms with Crippen LogP contribution in [0.15, 0.2) is 57.9 Å². The number of benzene rings is 2. The highest BCUT2D eigenvalue weighted by Crippen LogP contribution is 2.27. The molecule has 0 aromatic heterocycles. The Kier molecular flexibility index (Phi) is 6.71. The van der Waals surface area contributed by atoms with Crippen LogP contribution in [0, 0.1) is 0 Å². The lowest BCUT2D eigenvalue weighted by atomic mass is 10.0. The van der Waals surface area contributed by atoms with Gasteiger partial charge in [0.25, 0.3) is 0 Å². The summed E-state index contributed by atoms with van der Waals surface area (Å²) < 4.78 is 33.0. The maximum atomic E-state index is 13.1. The first-order chi connectivity index (χ1) is 13.8. The van der Waals surface area contributed by atoms with E-state index in [-0.39, 0.29) is 22.7 Å². The van der Waals surface area contributed by atoms with Crippen LogP contribution in [0.5, 0.6) is 0 Å². The lowest BCUT2D eigenvalue weighted by Gasteiger charge is -2.33. The van der Waals surface area contributed by atoms with Crippen molar-refractivity contribution in [2.24, 2.45) is 0 Å². The highest BCUT2D eigenvalue weighted by Gasteiger charge is 2.37. The predicted octanol–water partition coefficient (Wildman–Crippen LogP) is 3.42. The molecule has 1 heterocycles. The van der Waals surface area contributed by atoms with E-state index in [0.717, 1.165) is 10.9 Å². The topological polar surface area (TPSA) is 92.8 Å². The molecular formula is C20H21BrN2O5S. The van der Waals surface area contributed by atoms with Crippen LogP contribution in [-0.4, -0.2) is 44.3 Å². The standard InChI is InChI=1S/C20H21BrN2O5S/c1-28-20(25)16-6-2-3-7-17(16)22-19(24)18-8-4-5-13-23(18)29(26,27)15-11-9-14(21)10-12-15/h2-3,6-7,9-12,18H,4-5,8,13H2,1H3,(H,22,24)/t18-/m1/s1. The van der Waals surface area contributed by atoms with Crippen LogP contribution in [0.3, 0.4) is 0 Å². The molecule has 0 radical (unpaired) electrons. The summed E-state index contributed by atoms with van der Waals surface area (Å²) in [5.41, 5.74) is 0.498. The van der Waals surface area contributed by atoms with E-state index < -0.39 is 27.9 Å². The number of anilines is 1. The molecule has 1 atom stereocenters. The van der Waals surface area contributed by atoms with E-state index in [1.807, 2.05) is 0 Å². The van der Waals surface area contributed by atoms with Gasteiger partial charge in [-0.2, -0.15) is 4.31 Å². The number of esters is 1. The fourth-order valence-corrected chi connectivity index (χ4v) is 5.21. The van der Waals surface area contributed by atoms with Crippen molar-refractivity contribution in [3.8, 4) is 0 Å². The normalized spacial score (nSPS) is 17.5. The Labute approximate surface area is 178 Å². The summed E-state index contributed by atoms with van der Waals surface area (Å²) in [6.45, 7) is 0.259. The molecule has 1 saturated heterocycles. The first-order valence-corrected chi connectivity index (χ1v) is 11.3. The third-order valence-corrected chi connectivity index (χ3v) is 7.22. The number of hydrogen-bond acceptors (Lipinski definition) is 5. The highest BCUT2D eigenvalue weighted by atomic mass is 79.9. The van der Waals surface area contributed by atoms with Crippen LogP contribution < -0.4 is 5.32 Å². The number of amides is 1. The molecule has 0 bridgehead atoms. The summed E-state index contributed by atoms with van der Waals surface area (Å²) in [6.07, 6.45) is 1.82. The molecule has 29 heavy (non-hydrogen) atoms. The van der Waals surface area contributed by atoms with E-state index in [1.165, 1.54) is 23.5 Å². The molecular weight excluding hydrogens is 460 g/mol. The number of nitrogens with zero attached hydrogens (tertiary/aromatic N) is 1. The van der Waals surface area contributed by atoms with Gasteiger partial charge in [0.05, 0.1) is 23.3 Å². The molecule has 1 fully saturated rings. The summed E-state index contributed by atoms with van der Waals surface area (Å²) in [6, 6.07) is 11.9. The minimum Gasteiger partial charge on any atom is -0.465 e. The van der Waals surface area contributed by atoms with Crippen molar-refractivity contribution >= 4 is 43.5 Å². The first-order valence-electron chi connectivity index (χ1n) is 9.10. The number of carbonyl (C=O) groups is 2. The van der Waals surface area contributed by atoms with Gasteiger partial charge >= 0.3 is 5.97 Å². The number of para-hydroxylation sites is 1. The van der Waals surface area contributed by atoms with Gasteiger partial charge in [0, 0.05) is 11.0 Å². The van der Waals surface area contributed by atoms with E-state index in [0.29, 0.717) is 12.8 Å². The lowest BCUT2D eigenvalue weighted by molar-refractivity contribution is -0.120. The second-order valence-corrected chi connectivity index (χ2v) is 9.41. The molecule has 0 unspecified atom stereocenters. The molecule has 7 nitrogen and oxygen atoms in total. The van der Waals surface area contributed by atoms with E-state index in [2.05, 4.69) is 21.2 Å². The number of piperidine rings is 1. The molecule has 0 saturated carbocycles. The number of methoxy groups -OCH3 is 1. The summed E-state index contributed by atoms with van der Waals surface area (Å²) in [7, 11) is -2.58. The second-order valence-electron chi connectivity index (χ2n) is 6.61. The van der Waals surface area contributed by atoms with Gasteiger partial charge in [-0.1, -0.05) is 34.5 Å². The zero-order valence-electron chi connectivity index (χ0n) is 15.8. The third kappa shape index (κ3) is 4.68. The van der Waals surface area contributed by atoms with Gasteiger partial charge in [0.15, 0.2) is 0 Å². The van der Waals surface area contributed by atoms with Crippen LogP contribution >= 0.6 is 15.9 Å². The maximum absolute atomic E-state index is 13.1. The molecule has 154 valence electrons. The summed E-state index contributed by atoms with van der Waals surface area (Å²) in [5, 5.41) is 2.70. The molecule has 1 aliphatic heterocycles. The van der Waals surface area contributed by atoms with Gasteiger partial charge in [0.2, 0.25) is 15.9 Å². The molecule has 3 rings (SSSR count). The van der Waals surface area contributed by atoms with E-state index >= 15 is 0 Å². The van der Waals surface area contributed by atoms with Crippen molar-refractivity contribution in [1.29, 1.82) is 0 Å². The number of hydrogen-bond donors (Lipinski definition) is 1. The fraction of sp³-hybridized carbons (Fsp3) is 0.300. The van der Waals surface area contributed by atoms with Crippen molar-refractivity contribution in [3.63, 3.8) is 0 Å². The highest BCUT2D eigenvalue weighted by molar-refractivity contribution is 9.10. The predicted molar refractivity (Wildman–Crippen MR) is 112 cm³/mol. The fourth-order valence-electron chi connectivity index (χ4n) is 3.29. The lowest BCUT2D eigenvalue weighted by Crippen LogP contribution is -2.49. The summed E-state index contributed by atoms with van der Waals surface area (Å²) in [5.74, 6) is -1.05. The quantitative estimate of drug-likeness (QED) is 0.661. The minimum absolute atomic E-state index is 0.135. The SMILES string of the molecule is COC(=O)c1ccccc1NC(=O)[C@H]1CCCCN1S(=O)(=O)c1ccc(Br)cc1. The van der Waals surface area contributed by atoms with Gasteiger partial charge in [-0.3, -0.25) is 4.79 Å². The average molecular weight is 481 g/mol. The van der Waals surface area contributed by atoms with E-state index in [9.17, 15) is 18.0 Å². The van der Waals surface area contributed by atoms with Gasteiger partial charge in [0.1, 0.15) is 6.04 Å². The molecule has 9 heteroatoms. The number of rotatable bonds is 5. The molecule has 2 aromatic carbocycles. The third-order valence-electron chi connectivity index (χ3n) is 4.77. The van der Waals surface area contributed by atoms with Gasteiger partial charge < -0.3 is 10.1 Å². The number of nitrogens with one attached hydrogen (secondary N) is 1. The number of halogens is 1. The first kappa shape index (κ1) is 21.5. The Hall–Kier alpha value is -2.23. The number of sulfonamides is 1. The minimum atomic E-state index is -3.84. The van der Waals surface area contributed by atoms with E-state index in [1.54, 1.807) is 36.4 Å². The number of carbonyl (C=O) groups excluding carboxylic acids is 2. The van der Waals surface area contributed by atoms with Crippen molar-refractivity contribution in [2.75, 3.05) is 19.0 Å². The van der Waals surface area contributed by atoms with Gasteiger partial charge in [-0.15, -0.1) is 0 Å². The molecule has 0 aliphatic carbocycles. The Bertz CT molecular complexity index is 1010. The largest absolute Gasteiger partial charge is 0.465 e. The van der Waals surface area contributed by atoms with Crippen LogP contribution in [0.1, 0.15) is 29.6 Å². The van der Waals surface area contributed by atoms with Crippen molar-refractivity contribution < 1.29 is 22.7 Å². The van der Waals surface area contributed by atoms with E-state index in [4.69, 9.17) is 4.74 Å². The average Bonchev–Trinajstić information content (AvgIpc) is 2.74. The van der Waals surface area contributed by atoms with Crippen LogP contribution in [-0.2, 0) is 19.6 Å². The van der Waals surface area contributed by atoms with Crippen molar-refractivity contribution in [2.45, 2.75) is 30.2 Å². The second kappa shape index (κ2) is 9.06. The summed E-state index contributed by atoms with van der Waals surface area (Å²) >= 11 is 3.29. The molecule has 2 aromatic rings. The Morgan fingerprint density at radius 2 is 1.79 bits per heavy atom. The molecule has 1 amide bonds. The molecule has 1 aliphatic rings. The summed E-state index contributed by atoms with van der Waals surface area (Å²) in [4.78, 5) is 25.1. The van der Waals surface area contributed by atoms with Crippen molar-refractivity contribution in [3.05, 3.63) is 58.6 Å². The van der Waals surface area contributed by atoms with Crippen molar-refractivity contribution in [1.82, 2.24) is 4.31 Å². The molecule has 0 spiro atoms. The Balaban J connectivity index is 1.88.